The molecular weight excluding hydrogens is 138 g/mol. The van der Waals surface area contributed by atoms with Gasteiger partial charge in [0.15, 0.2) is 0 Å². The highest BCUT2D eigenvalue weighted by atomic mass is 15.6. The van der Waals surface area contributed by atoms with E-state index < -0.39 is 0 Å². The van der Waals surface area contributed by atoms with E-state index in [1.165, 1.54) is 19.5 Å². The van der Waals surface area contributed by atoms with Crippen LogP contribution in [0.3, 0.4) is 0 Å². The fourth-order valence-corrected chi connectivity index (χ4v) is 2.26. The Balaban J connectivity index is 1.92. The summed E-state index contributed by atoms with van der Waals surface area (Å²) in [5, 5.41) is 2.41. The van der Waals surface area contributed by atoms with Crippen molar-refractivity contribution in [1.82, 2.24) is 15.3 Å². The summed E-state index contributed by atoms with van der Waals surface area (Å²) < 4.78 is 0. The molecule has 0 radical (unpaired) electrons. The summed E-state index contributed by atoms with van der Waals surface area (Å²) in [5.74, 6) is 0. The minimum Gasteiger partial charge on any atom is -0.300 e. The zero-order chi connectivity index (χ0) is 7.84. The summed E-state index contributed by atoms with van der Waals surface area (Å²) in [6.45, 7) is 5.69. The van der Waals surface area contributed by atoms with Crippen LogP contribution in [-0.4, -0.2) is 48.7 Å². The van der Waals surface area contributed by atoms with Crippen LogP contribution in [0.1, 0.15) is 13.3 Å². The minimum absolute atomic E-state index is 0.782. The van der Waals surface area contributed by atoms with Crippen LogP contribution >= 0.6 is 0 Å². The monoisotopic (exact) mass is 155 g/mol. The lowest BCUT2D eigenvalue weighted by Gasteiger charge is -2.31. The summed E-state index contributed by atoms with van der Waals surface area (Å²) in [5.41, 5.74) is 3.40. The number of hydrazine groups is 1. The van der Waals surface area contributed by atoms with Gasteiger partial charge in [0, 0.05) is 31.7 Å². The van der Waals surface area contributed by atoms with Crippen molar-refractivity contribution in [3.05, 3.63) is 0 Å². The second-order valence-electron chi connectivity index (χ2n) is 3.65. The van der Waals surface area contributed by atoms with Crippen molar-refractivity contribution in [2.45, 2.75) is 25.4 Å². The molecule has 2 fully saturated rings. The largest absolute Gasteiger partial charge is 0.300 e. The molecule has 2 atom stereocenters. The van der Waals surface area contributed by atoms with E-state index in [0.29, 0.717) is 0 Å². The van der Waals surface area contributed by atoms with Gasteiger partial charge in [0.05, 0.1) is 0 Å². The van der Waals surface area contributed by atoms with Crippen LogP contribution in [-0.2, 0) is 0 Å². The zero-order valence-corrected chi connectivity index (χ0v) is 7.38. The molecule has 11 heavy (non-hydrogen) atoms. The Morgan fingerprint density at radius 2 is 2.18 bits per heavy atom. The number of likely N-dealkylation sites (N-methyl/N-ethyl adjacent to an activating group) is 1. The third kappa shape index (κ3) is 1.17. The fraction of sp³-hybridized carbons (Fsp3) is 1.00. The minimum atomic E-state index is 0.782. The van der Waals surface area contributed by atoms with Crippen molar-refractivity contribution >= 4 is 0 Å². The molecule has 0 aromatic carbocycles. The first-order valence-corrected chi connectivity index (χ1v) is 4.51. The van der Waals surface area contributed by atoms with E-state index in [2.05, 4.69) is 29.3 Å². The topological polar surface area (TPSA) is 18.5 Å². The van der Waals surface area contributed by atoms with E-state index in [9.17, 15) is 0 Å². The molecule has 2 aliphatic heterocycles. The predicted molar refractivity (Wildman–Crippen MR) is 45.2 cm³/mol. The summed E-state index contributed by atoms with van der Waals surface area (Å²) in [6.07, 6.45) is 1.36. The number of fused-ring (bicyclic) bond motifs is 2. The van der Waals surface area contributed by atoms with Crippen molar-refractivity contribution in [2.75, 3.05) is 26.7 Å². The van der Waals surface area contributed by atoms with E-state index in [1.807, 2.05) is 0 Å². The first-order valence-electron chi connectivity index (χ1n) is 4.51. The van der Waals surface area contributed by atoms with Gasteiger partial charge < -0.3 is 4.90 Å². The lowest BCUT2D eigenvalue weighted by molar-refractivity contribution is 0.102. The second-order valence-corrected chi connectivity index (χ2v) is 3.65. The van der Waals surface area contributed by atoms with Gasteiger partial charge in [0.2, 0.25) is 0 Å². The highest BCUT2D eigenvalue weighted by molar-refractivity contribution is 4.96. The fourth-order valence-electron chi connectivity index (χ4n) is 2.26. The average molecular weight is 155 g/mol. The Morgan fingerprint density at radius 3 is 2.64 bits per heavy atom. The van der Waals surface area contributed by atoms with Gasteiger partial charge >= 0.3 is 0 Å². The van der Waals surface area contributed by atoms with Gasteiger partial charge in [-0.25, -0.2) is 5.01 Å². The molecule has 2 unspecified atom stereocenters. The maximum Gasteiger partial charge on any atom is 0.0386 e. The number of hydrogen-bond acceptors (Lipinski definition) is 3. The number of rotatable bonds is 2. The zero-order valence-electron chi connectivity index (χ0n) is 7.38. The third-order valence-corrected chi connectivity index (χ3v) is 2.88. The quantitative estimate of drug-likeness (QED) is 0.601. The van der Waals surface area contributed by atoms with Crippen LogP contribution in [0.5, 0.6) is 0 Å². The van der Waals surface area contributed by atoms with E-state index >= 15 is 0 Å². The molecule has 0 spiro atoms. The van der Waals surface area contributed by atoms with E-state index in [-0.39, 0.29) is 0 Å². The molecule has 2 rings (SSSR count). The van der Waals surface area contributed by atoms with Crippen molar-refractivity contribution in [1.29, 1.82) is 0 Å². The maximum absolute atomic E-state index is 3.40. The van der Waals surface area contributed by atoms with E-state index in [4.69, 9.17) is 0 Å². The van der Waals surface area contributed by atoms with Crippen molar-refractivity contribution in [2.24, 2.45) is 0 Å². The van der Waals surface area contributed by atoms with Crippen LogP contribution in [0.25, 0.3) is 0 Å². The molecule has 3 heteroatoms. The van der Waals surface area contributed by atoms with Crippen LogP contribution in [0.4, 0.5) is 0 Å². The molecule has 0 aliphatic carbocycles. The van der Waals surface area contributed by atoms with Gasteiger partial charge in [-0.1, -0.05) is 6.92 Å². The number of likely N-dealkylation sites (tertiary alicyclic amines) is 1. The molecule has 3 nitrogen and oxygen atoms in total. The molecular formula is C8H17N3. The van der Waals surface area contributed by atoms with Gasteiger partial charge in [-0.3, -0.25) is 5.43 Å². The normalized spacial score (nSPS) is 38.7. The first-order chi connectivity index (χ1) is 5.31. The van der Waals surface area contributed by atoms with Crippen LogP contribution in [0, 0.1) is 0 Å². The first kappa shape index (κ1) is 7.53. The van der Waals surface area contributed by atoms with Crippen LogP contribution < -0.4 is 5.43 Å². The number of nitrogens with one attached hydrogen (secondary N) is 1. The third-order valence-electron chi connectivity index (χ3n) is 2.88. The SMILES string of the molecule is CCNN1CC2CC1CN2C. The molecule has 64 valence electrons. The summed E-state index contributed by atoms with van der Waals surface area (Å²) >= 11 is 0. The van der Waals surface area contributed by atoms with Crippen LogP contribution in [0.15, 0.2) is 0 Å². The molecule has 2 saturated heterocycles. The summed E-state index contributed by atoms with van der Waals surface area (Å²) in [4.78, 5) is 2.47. The molecule has 2 heterocycles. The van der Waals surface area contributed by atoms with Gasteiger partial charge in [-0.15, -0.1) is 0 Å². The average Bonchev–Trinajstić information content (AvgIpc) is 2.47. The Hall–Kier alpha value is -0.120. The Labute approximate surface area is 68.3 Å². The highest BCUT2D eigenvalue weighted by Gasteiger charge is 2.40. The Morgan fingerprint density at radius 1 is 1.36 bits per heavy atom. The molecule has 0 aromatic rings. The highest BCUT2D eigenvalue weighted by Crippen LogP contribution is 2.27. The van der Waals surface area contributed by atoms with E-state index in [1.54, 1.807) is 0 Å². The predicted octanol–water partition coefficient (Wildman–Crippen LogP) is -0.101. The molecule has 0 amide bonds. The lowest BCUT2D eigenvalue weighted by Crippen LogP contribution is -2.50. The number of piperazine rings is 1. The van der Waals surface area contributed by atoms with Crippen molar-refractivity contribution < 1.29 is 0 Å². The summed E-state index contributed by atoms with van der Waals surface area (Å²) in [6, 6.07) is 1.60. The molecule has 0 saturated carbocycles. The molecule has 2 aliphatic rings. The van der Waals surface area contributed by atoms with Gasteiger partial charge in [0.25, 0.3) is 0 Å². The molecule has 2 bridgehead atoms. The molecule has 0 aromatic heterocycles. The maximum atomic E-state index is 3.40. The Bertz CT molecular complexity index is 146. The van der Waals surface area contributed by atoms with Gasteiger partial charge in [-0.2, -0.15) is 0 Å². The van der Waals surface area contributed by atoms with Crippen molar-refractivity contribution in [3.63, 3.8) is 0 Å². The van der Waals surface area contributed by atoms with E-state index in [0.717, 1.165) is 18.6 Å². The smallest absolute Gasteiger partial charge is 0.0386 e. The number of nitrogens with zero attached hydrogens (tertiary/aromatic N) is 2. The standard InChI is InChI=1S/C8H17N3/c1-3-9-11-6-7-4-8(11)5-10(7)2/h7-9H,3-6H2,1-2H3. The van der Waals surface area contributed by atoms with Gasteiger partial charge in [0.1, 0.15) is 0 Å². The van der Waals surface area contributed by atoms with Gasteiger partial charge in [-0.05, 0) is 13.5 Å². The second kappa shape index (κ2) is 2.73. The van der Waals surface area contributed by atoms with Crippen molar-refractivity contribution in [3.8, 4) is 0 Å². The Kier molecular flexibility index (Phi) is 1.87. The summed E-state index contributed by atoms with van der Waals surface area (Å²) in [7, 11) is 2.23. The van der Waals surface area contributed by atoms with Crippen LogP contribution in [0.2, 0.25) is 0 Å². The number of hydrogen-bond donors (Lipinski definition) is 1. The molecule has 1 N–H and O–H groups in total. The lowest BCUT2D eigenvalue weighted by atomic mass is 10.2.